The minimum atomic E-state index is -1.61. The van der Waals surface area contributed by atoms with Crippen molar-refractivity contribution in [3.8, 4) is 5.75 Å². The average molecular weight is 287 g/mol. The molecule has 21 heavy (non-hydrogen) atoms. The van der Waals surface area contributed by atoms with Gasteiger partial charge in [0.15, 0.2) is 6.10 Å². The second-order valence-electron chi connectivity index (χ2n) is 6.16. The predicted octanol–water partition coefficient (Wildman–Crippen LogP) is 1.67. The number of Topliss-reactive ketones (excluding diaryl/α,β-unsaturated/α-hetero) is 1. The summed E-state index contributed by atoms with van der Waals surface area (Å²) in [5.74, 6) is 0.224. The summed E-state index contributed by atoms with van der Waals surface area (Å²) in [4.78, 5) is 16.9. The largest absolute Gasteiger partial charge is 0.455 e. The number of benzene rings is 1. The van der Waals surface area contributed by atoms with Crippen LogP contribution < -0.4 is 4.74 Å². The summed E-state index contributed by atoms with van der Waals surface area (Å²) in [6.45, 7) is 5.35. The van der Waals surface area contributed by atoms with Crippen LogP contribution in [0.5, 0.6) is 5.75 Å². The number of para-hydroxylation sites is 1. The molecule has 0 radical (unpaired) electrons. The third kappa shape index (κ3) is 1.86. The number of carbonyl (C=O) groups is 1. The van der Waals surface area contributed by atoms with E-state index >= 15 is 0 Å². The fourth-order valence-electron chi connectivity index (χ4n) is 2.60. The van der Waals surface area contributed by atoms with Gasteiger partial charge in [0.25, 0.3) is 5.72 Å². The number of fused-ring (bicyclic) bond motifs is 1. The molecule has 0 spiro atoms. The Hall–Kier alpha value is -2.21. The summed E-state index contributed by atoms with van der Waals surface area (Å²) in [7, 11) is 0. The molecule has 1 N–H and O–H groups in total. The van der Waals surface area contributed by atoms with Crippen molar-refractivity contribution in [1.29, 1.82) is 0 Å². The Labute approximate surface area is 122 Å². The molecule has 0 aliphatic carbocycles. The summed E-state index contributed by atoms with van der Waals surface area (Å²) in [6, 6.07) is 7.07. The standard InChI is InChI=1S/C15H17N3O3/c1-14(2,3)13(20)15(18-9-16-8-17-18)12(19)10-6-4-5-7-11(10)21-15/h4-9,12,19H,1-3H3/t12-,15+/m1/s1. The summed E-state index contributed by atoms with van der Waals surface area (Å²) < 4.78 is 7.20. The Morgan fingerprint density at radius 2 is 2.10 bits per heavy atom. The van der Waals surface area contributed by atoms with Gasteiger partial charge in [-0.2, -0.15) is 5.10 Å². The summed E-state index contributed by atoms with van der Waals surface area (Å²) in [5, 5.41) is 14.8. The maximum absolute atomic E-state index is 13.0. The molecule has 1 aliphatic heterocycles. The second-order valence-corrected chi connectivity index (χ2v) is 6.16. The lowest BCUT2D eigenvalue weighted by Crippen LogP contribution is -2.53. The van der Waals surface area contributed by atoms with Gasteiger partial charge in [0, 0.05) is 11.0 Å². The van der Waals surface area contributed by atoms with E-state index in [1.807, 2.05) is 0 Å². The molecule has 2 atom stereocenters. The van der Waals surface area contributed by atoms with Gasteiger partial charge in [0.1, 0.15) is 18.4 Å². The first kappa shape index (κ1) is 13.8. The normalized spacial score (nSPS) is 24.5. The van der Waals surface area contributed by atoms with E-state index in [2.05, 4.69) is 10.1 Å². The van der Waals surface area contributed by atoms with Crippen molar-refractivity contribution in [2.24, 2.45) is 5.41 Å². The maximum Gasteiger partial charge on any atom is 0.292 e. The van der Waals surface area contributed by atoms with Crippen LogP contribution in [0.3, 0.4) is 0 Å². The van der Waals surface area contributed by atoms with Crippen LogP contribution in [0, 0.1) is 5.41 Å². The number of ether oxygens (including phenoxy) is 1. The molecule has 2 heterocycles. The number of aliphatic hydroxyl groups excluding tert-OH is 1. The quantitative estimate of drug-likeness (QED) is 0.909. The summed E-state index contributed by atoms with van der Waals surface area (Å²) >= 11 is 0. The van der Waals surface area contributed by atoms with Gasteiger partial charge in [-0.1, -0.05) is 39.0 Å². The lowest BCUT2D eigenvalue weighted by atomic mass is 9.81. The van der Waals surface area contributed by atoms with Crippen molar-refractivity contribution in [2.75, 3.05) is 0 Å². The fourth-order valence-corrected chi connectivity index (χ4v) is 2.60. The lowest BCUT2D eigenvalue weighted by molar-refractivity contribution is -0.167. The molecule has 6 heteroatoms. The van der Waals surface area contributed by atoms with Gasteiger partial charge in [-0.05, 0) is 6.07 Å². The van der Waals surface area contributed by atoms with E-state index in [9.17, 15) is 9.90 Å². The number of aliphatic hydroxyl groups is 1. The van der Waals surface area contributed by atoms with Crippen molar-refractivity contribution < 1.29 is 14.6 Å². The highest BCUT2D eigenvalue weighted by Crippen LogP contribution is 2.48. The summed E-state index contributed by atoms with van der Waals surface area (Å²) in [5.41, 5.74) is -1.75. The van der Waals surface area contributed by atoms with Crippen molar-refractivity contribution in [3.63, 3.8) is 0 Å². The van der Waals surface area contributed by atoms with Crippen molar-refractivity contribution in [3.05, 3.63) is 42.5 Å². The highest BCUT2D eigenvalue weighted by Gasteiger charge is 2.58. The lowest BCUT2D eigenvalue weighted by Gasteiger charge is -2.35. The molecule has 110 valence electrons. The van der Waals surface area contributed by atoms with Crippen LogP contribution in [0.25, 0.3) is 0 Å². The van der Waals surface area contributed by atoms with E-state index in [1.54, 1.807) is 45.0 Å². The van der Waals surface area contributed by atoms with Gasteiger partial charge in [0.05, 0.1) is 0 Å². The number of carbonyl (C=O) groups excluding carboxylic acids is 1. The zero-order valence-corrected chi connectivity index (χ0v) is 12.1. The molecule has 1 aliphatic rings. The zero-order chi connectivity index (χ0) is 15.3. The van der Waals surface area contributed by atoms with Gasteiger partial charge in [-0.15, -0.1) is 0 Å². The van der Waals surface area contributed by atoms with E-state index in [0.717, 1.165) is 0 Å². The van der Waals surface area contributed by atoms with E-state index in [4.69, 9.17) is 4.74 Å². The van der Waals surface area contributed by atoms with Crippen LogP contribution in [-0.2, 0) is 10.5 Å². The number of nitrogens with zero attached hydrogens (tertiary/aromatic N) is 3. The molecule has 1 aromatic carbocycles. The first-order valence-corrected chi connectivity index (χ1v) is 6.73. The van der Waals surface area contributed by atoms with Gasteiger partial charge in [-0.3, -0.25) is 4.79 Å². The number of aromatic nitrogens is 3. The van der Waals surface area contributed by atoms with Crippen molar-refractivity contribution in [2.45, 2.75) is 32.6 Å². The van der Waals surface area contributed by atoms with Crippen LogP contribution in [-0.4, -0.2) is 25.7 Å². The van der Waals surface area contributed by atoms with Crippen molar-refractivity contribution >= 4 is 5.78 Å². The van der Waals surface area contributed by atoms with E-state index < -0.39 is 17.2 Å². The Bertz CT molecular complexity index is 676. The molecular formula is C15H17N3O3. The molecule has 0 fully saturated rings. The van der Waals surface area contributed by atoms with E-state index in [0.29, 0.717) is 11.3 Å². The molecule has 2 aromatic rings. The molecule has 3 rings (SSSR count). The Kier molecular flexibility index (Phi) is 2.88. The zero-order valence-electron chi connectivity index (χ0n) is 12.1. The molecule has 0 unspecified atom stereocenters. The highest BCUT2D eigenvalue weighted by atomic mass is 16.5. The minimum absolute atomic E-state index is 0.260. The van der Waals surface area contributed by atoms with E-state index in [1.165, 1.54) is 17.3 Å². The molecule has 0 saturated heterocycles. The van der Waals surface area contributed by atoms with Crippen LogP contribution in [0.2, 0.25) is 0 Å². The number of hydrogen-bond donors (Lipinski definition) is 1. The molecule has 0 amide bonds. The number of rotatable bonds is 2. The first-order valence-electron chi connectivity index (χ1n) is 6.73. The van der Waals surface area contributed by atoms with Crippen LogP contribution >= 0.6 is 0 Å². The second kappa shape index (κ2) is 4.39. The topological polar surface area (TPSA) is 77.2 Å². The molecule has 0 saturated carbocycles. The third-order valence-electron chi connectivity index (χ3n) is 3.62. The minimum Gasteiger partial charge on any atom is -0.455 e. The Balaban J connectivity index is 2.20. The van der Waals surface area contributed by atoms with E-state index in [-0.39, 0.29) is 5.78 Å². The Morgan fingerprint density at radius 3 is 2.67 bits per heavy atom. The first-order chi connectivity index (χ1) is 9.87. The molecular weight excluding hydrogens is 270 g/mol. The average Bonchev–Trinajstić information content (AvgIpc) is 3.05. The fraction of sp³-hybridized carbons (Fsp3) is 0.400. The number of ketones is 1. The van der Waals surface area contributed by atoms with Crippen molar-refractivity contribution in [1.82, 2.24) is 14.8 Å². The third-order valence-corrected chi connectivity index (χ3v) is 3.62. The van der Waals surface area contributed by atoms with Gasteiger partial charge < -0.3 is 9.84 Å². The van der Waals surface area contributed by atoms with Gasteiger partial charge in [-0.25, -0.2) is 9.67 Å². The van der Waals surface area contributed by atoms with Crippen LogP contribution in [0.4, 0.5) is 0 Å². The smallest absolute Gasteiger partial charge is 0.292 e. The van der Waals surface area contributed by atoms with Crippen LogP contribution in [0.1, 0.15) is 32.4 Å². The highest BCUT2D eigenvalue weighted by molar-refractivity contribution is 5.91. The SMILES string of the molecule is CC(C)(C)C(=O)[C@@]1(n2cncn2)Oc2ccccc2[C@H]1O. The Morgan fingerprint density at radius 1 is 1.38 bits per heavy atom. The number of hydrogen-bond acceptors (Lipinski definition) is 5. The monoisotopic (exact) mass is 287 g/mol. The molecule has 1 aromatic heterocycles. The van der Waals surface area contributed by atoms with Crippen LogP contribution in [0.15, 0.2) is 36.9 Å². The molecule has 6 nitrogen and oxygen atoms in total. The molecule has 0 bridgehead atoms. The maximum atomic E-state index is 13.0. The predicted molar refractivity (Wildman–Crippen MR) is 74.5 cm³/mol. The summed E-state index contributed by atoms with van der Waals surface area (Å²) in [6.07, 6.45) is 1.57. The van der Waals surface area contributed by atoms with Gasteiger partial charge >= 0.3 is 0 Å². The van der Waals surface area contributed by atoms with Gasteiger partial charge in [0.2, 0.25) is 5.78 Å².